The van der Waals surface area contributed by atoms with Crippen molar-refractivity contribution in [1.29, 1.82) is 0 Å². The van der Waals surface area contributed by atoms with Crippen molar-refractivity contribution in [3.05, 3.63) is 29.6 Å². The number of benzene rings is 1. The van der Waals surface area contributed by atoms with E-state index in [0.717, 1.165) is 18.7 Å². The second-order valence-corrected chi connectivity index (χ2v) is 4.47. The van der Waals surface area contributed by atoms with Crippen molar-refractivity contribution in [2.75, 3.05) is 32.9 Å². The summed E-state index contributed by atoms with van der Waals surface area (Å²) in [5.41, 5.74) is 6.68. The van der Waals surface area contributed by atoms with Gasteiger partial charge in [0.1, 0.15) is 0 Å². The van der Waals surface area contributed by atoms with Gasteiger partial charge in [0.2, 0.25) is 0 Å². The normalized spacial score (nSPS) is 15.5. The molecule has 0 bridgehead atoms. The molecule has 2 N–H and O–H groups in total. The van der Waals surface area contributed by atoms with Crippen molar-refractivity contribution in [2.45, 2.75) is 13.5 Å². The highest BCUT2D eigenvalue weighted by atomic mass is 127. The van der Waals surface area contributed by atoms with Crippen molar-refractivity contribution >= 4 is 29.9 Å². The lowest BCUT2D eigenvalue weighted by Crippen LogP contribution is -2.44. The first-order chi connectivity index (χ1) is 9.70. The lowest BCUT2D eigenvalue weighted by Gasteiger charge is -2.27. The van der Waals surface area contributed by atoms with Gasteiger partial charge < -0.3 is 20.1 Å². The van der Waals surface area contributed by atoms with Crippen LogP contribution >= 0.6 is 24.0 Å². The average Bonchev–Trinajstić information content (AvgIpc) is 2.48. The summed E-state index contributed by atoms with van der Waals surface area (Å²) in [6.07, 6.45) is 0. The molecule has 1 aliphatic heterocycles. The van der Waals surface area contributed by atoms with Gasteiger partial charge in [-0.15, -0.1) is 24.0 Å². The maximum absolute atomic E-state index is 13.7. The lowest BCUT2D eigenvalue weighted by atomic mass is 10.2. The first kappa shape index (κ1) is 18.0. The van der Waals surface area contributed by atoms with Gasteiger partial charge in [0.15, 0.2) is 17.5 Å². The minimum atomic E-state index is -0.371. The summed E-state index contributed by atoms with van der Waals surface area (Å²) in [6, 6.07) is 4.85. The summed E-state index contributed by atoms with van der Waals surface area (Å²) in [4.78, 5) is 6.26. The van der Waals surface area contributed by atoms with E-state index in [1.807, 2.05) is 11.8 Å². The van der Waals surface area contributed by atoms with Crippen LogP contribution in [0.3, 0.4) is 0 Å². The molecule has 0 spiro atoms. The van der Waals surface area contributed by atoms with Gasteiger partial charge in [0.25, 0.3) is 0 Å². The Bertz CT molecular complexity index is 479. The van der Waals surface area contributed by atoms with Crippen LogP contribution in [-0.4, -0.2) is 43.8 Å². The van der Waals surface area contributed by atoms with Crippen LogP contribution in [0.5, 0.6) is 5.75 Å². The van der Waals surface area contributed by atoms with Crippen LogP contribution < -0.4 is 10.5 Å². The number of hydrogen-bond acceptors (Lipinski definition) is 3. The van der Waals surface area contributed by atoms with Crippen molar-refractivity contribution in [3.63, 3.8) is 0 Å². The van der Waals surface area contributed by atoms with E-state index >= 15 is 0 Å². The Morgan fingerprint density at radius 3 is 2.76 bits per heavy atom. The molecule has 5 nitrogen and oxygen atoms in total. The number of halogens is 2. The highest BCUT2D eigenvalue weighted by molar-refractivity contribution is 14.0. The summed E-state index contributed by atoms with van der Waals surface area (Å²) in [7, 11) is 0. The first-order valence-corrected chi connectivity index (χ1v) is 6.74. The van der Waals surface area contributed by atoms with Gasteiger partial charge in [-0.05, 0) is 24.6 Å². The van der Waals surface area contributed by atoms with Gasteiger partial charge in [-0.25, -0.2) is 9.38 Å². The third kappa shape index (κ3) is 5.31. The minimum absolute atomic E-state index is 0. The predicted octanol–water partition coefficient (Wildman–Crippen LogP) is 1.99. The zero-order chi connectivity index (χ0) is 14.4. The molecule has 0 unspecified atom stereocenters. The Balaban J connectivity index is 0.00000220. The van der Waals surface area contributed by atoms with Crippen LogP contribution in [0.2, 0.25) is 0 Å². The Morgan fingerprint density at radius 2 is 2.14 bits per heavy atom. The van der Waals surface area contributed by atoms with Crippen molar-refractivity contribution in [1.82, 2.24) is 4.90 Å². The summed E-state index contributed by atoms with van der Waals surface area (Å²) in [5, 5.41) is 0. The van der Waals surface area contributed by atoms with Crippen molar-refractivity contribution < 1.29 is 13.9 Å². The lowest BCUT2D eigenvalue weighted by molar-refractivity contribution is 0.0674. The van der Waals surface area contributed by atoms with Gasteiger partial charge in [0, 0.05) is 13.1 Å². The molecular formula is C14H21FIN3O2. The molecule has 2 rings (SSSR count). The van der Waals surface area contributed by atoms with E-state index in [-0.39, 0.29) is 35.5 Å². The van der Waals surface area contributed by atoms with Crippen molar-refractivity contribution in [3.8, 4) is 5.75 Å². The molecule has 0 aromatic heterocycles. The van der Waals surface area contributed by atoms with E-state index in [1.54, 1.807) is 12.1 Å². The van der Waals surface area contributed by atoms with Crippen LogP contribution in [0.15, 0.2) is 23.2 Å². The molecule has 7 heteroatoms. The highest BCUT2D eigenvalue weighted by Gasteiger charge is 2.12. The molecule has 21 heavy (non-hydrogen) atoms. The van der Waals surface area contributed by atoms with Gasteiger partial charge >= 0.3 is 0 Å². The number of rotatable bonds is 4. The van der Waals surface area contributed by atoms with E-state index in [9.17, 15) is 4.39 Å². The van der Waals surface area contributed by atoms with Crippen LogP contribution in [0, 0.1) is 5.82 Å². The molecule has 118 valence electrons. The average molecular weight is 409 g/mol. The SMILES string of the molecule is CCOc1ccc(CN=C(N)N2CCOCC2)cc1F.I. The maximum Gasteiger partial charge on any atom is 0.191 e. The number of morpholine rings is 1. The predicted molar refractivity (Wildman–Crippen MR) is 90.7 cm³/mol. The summed E-state index contributed by atoms with van der Waals surface area (Å²) >= 11 is 0. The quantitative estimate of drug-likeness (QED) is 0.470. The topological polar surface area (TPSA) is 60.1 Å². The smallest absolute Gasteiger partial charge is 0.191 e. The number of guanidine groups is 1. The largest absolute Gasteiger partial charge is 0.491 e. The van der Waals surface area contributed by atoms with E-state index in [1.165, 1.54) is 6.07 Å². The number of aliphatic imine (C=N–C) groups is 1. The number of ether oxygens (including phenoxy) is 2. The van der Waals surface area contributed by atoms with Crippen LogP contribution in [0.25, 0.3) is 0 Å². The number of nitrogens with zero attached hydrogens (tertiary/aromatic N) is 2. The fraction of sp³-hybridized carbons (Fsp3) is 0.500. The summed E-state index contributed by atoms with van der Waals surface area (Å²) < 4.78 is 24.1. The third-order valence-electron chi connectivity index (χ3n) is 3.05. The second kappa shape index (κ2) is 9.04. The van der Waals surface area contributed by atoms with E-state index < -0.39 is 0 Å². The van der Waals surface area contributed by atoms with Gasteiger partial charge in [0.05, 0.1) is 26.4 Å². The molecule has 0 aliphatic carbocycles. The van der Waals surface area contributed by atoms with Crippen LogP contribution in [0.1, 0.15) is 12.5 Å². The van der Waals surface area contributed by atoms with Gasteiger partial charge in [-0.1, -0.05) is 6.07 Å². The van der Waals surface area contributed by atoms with Crippen LogP contribution in [-0.2, 0) is 11.3 Å². The zero-order valence-corrected chi connectivity index (χ0v) is 14.4. The fourth-order valence-electron chi connectivity index (χ4n) is 1.98. The van der Waals surface area contributed by atoms with E-state index in [4.69, 9.17) is 15.2 Å². The second-order valence-electron chi connectivity index (χ2n) is 4.47. The summed E-state index contributed by atoms with van der Waals surface area (Å²) in [6.45, 7) is 5.42. The Labute approximate surface area is 141 Å². The molecule has 0 amide bonds. The Hall–Kier alpha value is -1.09. The number of hydrogen-bond donors (Lipinski definition) is 1. The van der Waals surface area contributed by atoms with Gasteiger partial charge in [-0.3, -0.25) is 0 Å². The first-order valence-electron chi connectivity index (χ1n) is 6.74. The minimum Gasteiger partial charge on any atom is -0.491 e. The Kier molecular flexibility index (Phi) is 7.73. The molecule has 0 saturated carbocycles. The third-order valence-corrected chi connectivity index (χ3v) is 3.05. The molecular weight excluding hydrogens is 388 g/mol. The molecule has 0 radical (unpaired) electrons. The van der Waals surface area contributed by atoms with Crippen LogP contribution in [0.4, 0.5) is 4.39 Å². The molecule has 0 atom stereocenters. The monoisotopic (exact) mass is 409 g/mol. The molecule has 1 saturated heterocycles. The Morgan fingerprint density at radius 1 is 1.43 bits per heavy atom. The summed E-state index contributed by atoms with van der Waals surface area (Å²) in [5.74, 6) is 0.369. The molecule has 1 heterocycles. The molecule has 1 aliphatic rings. The van der Waals surface area contributed by atoms with Gasteiger partial charge in [-0.2, -0.15) is 0 Å². The van der Waals surface area contributed by atoms with E-state index in [2.05, 4.69) is 4.99 Å². The standard InChI is InChI=1S/C14H20FN3O2.HI/c1-2-20-13-4-3-11(9-12(13)15)10-17-14(16)18-5-7-19-8-6-18;/h3-4,9H,2,5-8,10H2,1H3,(H2,16,17);1H. The maximum atomic E-state index is 13.7. The molecule has 1 aromatic rings. The number of nitrogens with two attached hydrogens (primary N) is 1. The highest BCUT2D eigenvalue weighted by Crippen LogP contribution is 2.18. The fourth-order valence-corrected chi connectivity index (χ4v) is 1.98. The molecule has 1 aromatic carbocycles. The molecule has 1 fully saturated rings. The van der Waals surface area contributed by atoms with Crippen molar-refractivity contribution in [2.24, 2.45) is 10.7 Å². The zero-order valence-electron chi connectivity index (χ0n) is 12.0. The van der Waals surface area contributed by atoms with E-state index in [0.29, 0.717) is 32.3 Å².